The molecule has 0 saturated carbocycles. The molecule has 7 heteroatoms. The Labute approximate surface area is 144 Å². The number of esters is 1. The molecule has 0 saturated heterocycles. The van der Waals surface area contributed by atoms with E-state index in [4.69, 9.17) is 14.2 Å². The largest absolute Gasteiger partial charge is 0.507 e. The lowest BCUT2D eigenvalue weighted by atomic mass is 9.98. The van der Waals surface area contributed by atoms with Crippen molar-refractivity contribution in [2.45, 2.75) is 26.5 Å². The van der Waals surface area contributed by atoms with E-state index in [1.807, 2.05) is 6.92 Å². The fourth-order valence-electron chi connectivity index (χ4n) is 3.22. The third kappa shape index (κ3) is 2.43. The lowest BCUT2D eigenvalue weighted by molar-refractivity contribution is 0.0448. The first-order valence-electron chi connectivity index (χ1n) is 7.83. The molecule has 2 heterocycles. The van der Waals surface area contributed by atoms with Gasteiger partial charge in [0.05, 0.1) is 14.2 Å². The van der Waals surface area contributed by atoms with Crippen LogP contribution in [-0.4, -0.2) is 29.9 Å². The number of pyridine rings is 1. The van der Waals surface area contributed by atoms with Gasteiger partial charge in [-0.2, -0.15) is 0 Å². The molecule has 0 bridgehead atoms. The lowest BCUT2D eigenvalue weighted by Crippen LogP contribution is -2.27. The molecule has 132 valence electrons. The van der Waals surface area contributed by atoms with Crippen LogP contribution in [0.4, 0.5) is 0 Å². The smallest absolute Gasteiger partial charge is 0.343 e. The van der Waals surface area contributed by atoms with Crippen molar-refractivity contribution in [3.8, 4) is 17.2 Å². The summed E-state index contributed by atoms with van der Waals surface area (Å²) < 4.78 is 17.4. The summed E-state index contributed by atoms with van der Waals surface area (Å²) in [6.07, 6.45) is -0.992. The highest BCUT2D eigenvalue weighted by Gasteiger charge is 2.39. The van der Waals surface area contributed by atoms with Crippen LogP contribution in [0.5, 0.6) is 17.2 Å². The van der Waals surface area contributed by atoms with Crippen molar-refractivity contribution in [3.05, 3.63) is 50.9 Å². The van der Waals surface area contributed by atoms with Crippen LogP contribution in [0.1, 0.15) is 40.2 Å². The number of hydrogen-bond donors (Lipinski definition) is 1. The summed E-state index contributed by atoms with van der Waals surface area (Å²) in [5, 5.41) is 10.3. The molecular weight excluding hydrogens is 326 g/mol. The number of ether oxygens (including phenoxy) is 3. The van der Waals surface area contributed by atoms with E-state index in [1.54, 1.807) is 19.1 Å². The topological polar surface area (TPSA) is 87.0 Å². The van der Waals surface area contributed by atoms with E-state index in [2.05, 4.69) is 0 Å². The Hall–Kier alpha value is -2.96. The average molecular weight is 345 g/mol. The molecular formula is C18H19NO6. The quantitative estimate of drug-likeness (QED) is 0.855. The number of carbonyl (C=O) groups is 1. The van der Waals surface area contributed by atoms with Crippen LogP contribution < -0.4 is 15.0 Å². The number of aromatic nitrogens is 1. The van der Waals surface area contributed by atoms with Crippen LogP contribution >= 0.6 is 0 Å². The summed E-state index contributed by atoms with van der Waals surface area (Å²) in [5.41, 5.74) is 0.939. The SMILES string of the molecule is CCn1c(C)cc(O)c([C@@H]2OC(=O)c3c2ccc(OC)c3OC)c1=O. The molecule has 0 spiro atoms. The maximum atomic E-state index is 12.8. The Bertz CT molecular complexity index is 915. The molecule has 25 heavy (non-hydrogen) atoms. The molecule has 1 N–H and O–H groups in total. The van der Waals surface area contributed by atoms with Crippen LogP contribution in [0.3, 0.4) is 0 Å². The van der Waals surface area contributed by atoms with E-state index < -0.39 is 12.1 Å². The van der Waals surface area contributed by atoms with Crippen LogP contribution in [0, 0.1) is 6.92 Å². The Morgan fingerprint density at radius 2 is 1.96 bits per heavy atom. The molecule has 0 unspecified atom stereocenters. The minimum Gasteiger partial charge on any atom is -0.507 e. The lowest BCUT2D eigenvalue weighted by Gasteiger charge is -2.16. The second-order valence-electron chi connectivity index (χ2n) is 5.68. The van der Waals surface area contributed by atoms with E-state index in [0.717, 1.165) is 0 Å². The fourth-order valence-corrected chi connectivity index (χ4v) is 3.22. The number of rotatable bonds is 4. The molecule has 0 aliphatic carbocycles. The highest BCUT2D eigenvalue weighted by Crippen LogP contribution is 2.45. The molecule has 2 aromatic rings. The Morgan fingerprint density at radius 1 is 1.24 bits per heavy atom. The zero-order chi connectivity index (χ0) is 18.3. The Morgan fingerprint density at radius 3 is 2.56 bits per heavy atom. The van der Waals surface area contributed by atoms with Crippen molar-refractivity contribution < 1.29 is 24.1 Å². The molecule has 0 radical (unpaired) electrons. The second-order valence-corrected chi connectivity index (χ2v) is 5.68. The van der Waals surface area contributed by atoms with Gasteiger partial charge in [0, 0.05) is 17.8 Å². The summed E-state index contributed by atoms with van der Waals surface area (Å²) in [6.45, 7) is 4.01. The highest BCUT2D eigenvalue weighted by atomic mass is 16.6. The van der Waals surface area contributed by atoms with Crippen molar-refractivity contribution in [3.63, 3.8) is 0 Å². The normalized spacial score (nSPS) is 15.7. The minimum atomic E-state index is -0.992. The zero-order valence-electron chi connectivity index (χ0n) is 14.5. The molecule has 1 atom stereocenters. The Balaban J connectivity index is 2.25. The molecule has 0 amide bonds. The summed E-state index contributed by atoms with van der Waals surface area (Å²) in [4.78, 5) is 25.2. The van der Waals surface area contributed by atoms with Crippen molar-refractivity contribution in [1.82, 2.24) is 4.57 Å². The van der Waals surface area contributed by atoms with Gasteiger partial charge in [0.1, 0.15) is 16.9 Å². The number of fused-ring (bicyclic) bond motifs is 1. The van der Waals surface area contributed by atoms with Crippen LogP contribution in [0.15, 0.2) is 23.0 Å². The molecule has 1 aliphatic heterocycles. The van der Waals surface area contributed by atoms with Crippen LogP contribution in [0.25, 0.3) is 0 Å². The molecule has 1 aromatic carbocycles. The van der Waals surface area contributed by atoms with Gasteiger partial charge in [-0.1, -0.05) is 6.07 Å². The van der Waals surface area contributed by atoms with Gasteiger partial charge in [-0.15, -0.1) is 0 Å². The molecule has 7 nitrogen and oxygen atoms in total. The summed E-state index contributed by atoms with van der Waals surface area (Å²) in [6, 6.07) is 4.77. The van der Waals surface area contributed by atoms with Gasteiger partial charge in [0.25, 0.3) is 5.56 Å². The molecule has 1 aliphatic rings. The van der Waals surface area contributed by atoms with Gasteiger partial charge in [-0.3, -0.25) is 4.79 Å². The van der Waals surface area contributed by atoms with Crippen molar-refractivity contribution in [2.24, 2.45) is 0 Å². The van der Waals surface area contributed by atoms with Crippen molar-refractivity contribution in [1.29, 1.82) is 0 Å². The first-order valence-corrected chi connectivity index (χ1v) is 7.83. The van der Waals surface area contributed by atoms with Gasteiger partial charge in [-0.25, -0.2) is 4.79 Å². The molecule has 3 rings (SSSR count). The summed E-state index contributed by atoms with van der Waals surface area (Å²) in [5.74, 6) is -0.196. The van der Waals surface area contributed by atoms with E-state index in [-0.39, 0.29) is 28.2 Å². The third-order valence-corrected chi connectivity index (χ3v) is 4.39. The van der Waals surface area contributed by atoms with Gasteiger partial charge >= 0.3 is 5.97 Å². The number of hydrogen-bond acceptors (Lipinski definition) is 6. The number of aryl methyl sites for hydroxylation is 1. The Kier molecular flexibility index (Phi) is 4.16. The standard InChI is InChI=1S/C18H19NO6/c1-5-19-9(2)8-11(20)14(17(19)21)15-10-6-7-12(23-3)16(24-4)13(10)18(22)25-15/h6-8,15,20H,5H2,1-4H3/t15-/m1/s1. The number of benzene rings is 1. The monoisotopic (exact) mass is 345 g/mol. The number of nitrogens with zero attached hydrogens (tertiary/aromatic N) is 1. The highest BCUT2D eigenvalue weighted by molar-refractivity contribution is 5.98. The van der Waals surface area contributed by atoms with Crippen molar-refractivity contribution in [2.75, 3.05) is 14.2 Å². The van der Waals surface area contributed by atoms with E-state index in [0.29, 0.717) is 23.6 Å². The van der Waals surface area contributed by atoms with Gasteiger partial charge < -0.3 is 23.9 Å². The minimum absolute atomic E-state index is 0.0340. The first kappa shape index (κ1) is 16.9. The van der Waals surface area contributed by atoms with E-state index in [1.165, 1.54) is 24.9 Å². The predicted molar refractivity (Wildman–Crippen MR) is 89.6 cm³/mol. The second kappa shape index (κ2) is 6.16. The summed E-state index contributed by atoms with van der Waals surface area (Å²) >= 11 is 0. The zero-order valence-corrected chi connectivity index (χ0v) is 14.5. The maximum absolute atomic E-state index is 12.8. The predicted octanol–water partition coefficient (Wildman–Crippen LogP) is 2.16. The fraction of sp³-hybridized carbons (Fsp3) is 0.333. The molecule has 0 fully saturated rings. The summed E-state index contributed by atoms with van der Waals surface area (Å²) in [7, 11) is 2.89. The maximum Gasteiger partial charge on any atom is 0.343 e. The third-order valence-electron chi connectivity index (χ3n) is 4.39. The van der Waals surface area contributed by atoms with Gasteiger partial charge in [0.15, 0.2) is 17.6 Å². The van der Waals surface area contributed by atoms with Gasteiger partial charge in [-0.05, 0) is 26.0 Å². The first-order chi connectivity index (χ1) is 11.9. The number of carbonyl (C=O) groups excluding carboxylic acids is 1. The molecule has 1 aromatic heterocycles. The van der Waals surface area contributed by atoms with Gasteiger partial charge in [0.2, 0.25) is 0 Å². The van der Waals surface area contributed by atoms with E-state index >= 15 is 0 Å². The van der Waals surface area contributed by atoms with Crippen LogP contribution in [-0.2, 0) is 11.3 Å². The average Bonchev–Trinajstić information content (AvgIpc) is 2.90. The number of aromatic hydroxyl groups is 1. The van der Waals surface area contributed by atoms with Crippen molar-refractivity contribution >= 4 is 5.97 Å². The van der Waals surface area contributed by atoms with E-state index in [9.17, 15) is 14.7 Å². The number of methoxy groups -OCH3 is 2. The number of cyclic esters (lactones) is 1. The van der Waals surface area contributed by atoms with Crippen LogP contribution in [0.2, 0.25) is 0 Å².